The SMILES string of the molecule is Cc1nc(-c2ccccc2)sc1CN(C)C(C)c1cccc(O)c1. The van der Waals surface area contributed by atoms with Crippen LogP contribution >= 0.6 is 11.3 Å². The normalized spacial score (nSPS) is 12.5. The summed E-state index contributed by atoms with van der Waals surface area (Å²) in [6.45, 7) is 5.07. The average molecular weight is 338 g/mol. The van der Waals surface area contributed by atoms with E-state index in [0.29, 0.717) is 5.75 Å². The Bertz CT molecular complexity index is 814. The summed E-state index contributed by atoms with van der Waals surface area (Å²) in [5.74, 6) is 0.313. The average Bonchev–Trinajstić information content (AvgIpc) is 2.95. The fourth-order valence-electron chi connectivity index (χ4n) is 2.68. The highest BCUT2D eigenvalue weighted by atomic mass is 32.1. The zero-order valence-electron chi connectivity index (χ0n) is 14.2. The number of aromatic hydroxyl groups is 1. The second kappa shape index (κ2) is 7.16. The van der Waals surface area contributed by atoms with Crippen molar-refractivity contribution in [3.8, 4) is 16.3 Å². The molecule has 3 rings (SSSR count). The number of thiazole rings is 1. The van der Waals surface area contributed by atoms with Crippen LogP contribution in [0, 0.1) is 6.92 Å². The van der Waals surface area contributed by atoms with Gasteiger partial charge >= 0.3 is 0 Å². The van der Waals surface area contributed by atoms with Gasteiger partial charge in [0.2, 0.25) is 0 Å². The van der Waals surface area contributed by atoms with Crippen LogP contribution in [-0.4, -0.2) is 22.0 Å². The second-order valence-electron chi connectivity index (χ2n) is 6.08. The van der Waals surface area contributed by atoms with Crippen LogP contribution in [-0.2, 0) is 6.54 Å². The van der Waals surface area contributed by atoms with Gasteiger partial charge in [0, 0.05) is 23.0 Å². The highest BCUT2D eigenvalue weighted by molar-refractivity contribution is 7.15. The highest BCUT2D eigenvalue weighted by Gasteiger charge is 2.16. The molecule has 1 unspecified atom stereocenters. The first-order valence-corrected chi connectivity index (χ1v) is 8.87. The molecule has 1 N–H and O–H groups in total. The van der Waals surface area contributed by atoms with Gasteiger partial charge < -0.3 is 5.11 Å². The molecule has 0 spiro atoms. The number of phenols is 1. The minimum absolute atomic E-state index is 0.221. The van der Waals surface area contributed by atoms with E-state index in [1.807, 2.05) is 30.3 Å². The van der Waals surface area contributed by atoms with Crippen molar-refractivity contribution in [1.29, 1.82) is 0 Å². The molecule has 1 aromatic heterocycles. The van der Waals surface area contributed by atoms with Gasteiger partial charge in [0.05, 0.1) is 5.69 Å². The molecule has 3 nitrogen and oxygen atoms in total. The lowest BCUT2D eigenvalue weighted by atomic mass is 10.1. The van der Waals surface area contributed by atoms with Gasteiger partial charge in [-0.25, -0.2) is 4.98 Å². The van der Waals surface area contributed by atoms with Gasteiger partial charge in [0.15, 0.2) is 0 Å². The van der Waals surface area contributed by atoms with Gasteiger partial charge in [-0.05, 0) is 38.6 Å². The topological polar surface area (TPSA) is 36.4 Å². The molecule has 4 heteroatoms. The molecule has 0 aliphatic carbocycles. The van der Waals surface area contributed by atoms with E-state index in [4.69, 9.17) is 4.98 Å². The van der Waals surface area contributed by atoms with Crippen LogP contribution in [0.1, 0.15) is 29.1 Å². The summed E-state index contributed by atoms with van der Waals surface area (Å²) >= 11 is 1.75. The maximum atomic E-state index is 9.68. The zero-order chi connectivity index (χ0) is 17.1. The third-order valence-corrected chi connectivity index (χ3v) is 5.51. The van der Waals surface area contributed by atoms with Crippen molar-refractivity contribution in [1.82, 2.24) is 9.88 Å². The van der Waals surface area contributed by atoms with E-state index in [1.165, 1.54) is 10.4 Å². The van der Waals surface area contributed by atoms with Gasteiger partial charge in [-0.15, -0.1) is 11.3 Å². The van der Waals surface area contributed by atoms with Crippen LogP contribution in [0.25, 0.3) is 10.6 Å². The predicted octanol–water partition coefficient (Wildman–Crippen LogP) is 5.02. The van der Waals surface area contributed by atoms with Crippen molar-refractivity contribution in [2.75, 3.05) is 7.05 Å². The first-order valence-electron chi connectivity index (χ1n) is 8.05. The maximum absolute atomic E-state index is 9.68. The first-order chi connectivity index (χ1) is 11.5. The molecule has 124 valence electrons. The van der Waals surface area contributed by atoms with Crippen molar-refractivity contribution in [2.45, 2.75) is 26.4 Å². The Hall–Kier alpha value is -2.17. The van der Waals surface area contributed by atoms with E-state index in [-0.39, 0.29) is 6.04 Å². The number of benzene rings is 2. The molecule has 3 aromatic rings. The van der Waals surface area contributed by atoms with Crippen molar-refractivity contribution in [2.24, 2.45) is 0 Å². The van der Waals surface area contributed by atoms with Gasteiger partial charge in [0.25, 0.3) is 0 Å². The second-order valence-corrected chi connectivity index (χ2v) is 7.16. The summed E-state index contributed by atoms with van der Waals surface area (Å²) in [5.41, 5.74) is 3.37. The number of hydrogen-bond donors (Lipinski definition) is 1. The number of hydrogen-bond acceptors (Lipinski definition) is 4. The van der Waals surface area contributed by atoms with Crippen molar-refractivity contribution in [3.63, 3.8) is 0 Å². The standard InChI is InChI=1S/C20H22N2OS/c1-14-19(24-20(21-14)16-8-5-4-6-9-16)13-22(3)15(2)17-10-7-11-18(23)12-17/h4-12,15,23H,13H2,1-3H3. The zero-order valence-corrected chi connectivity index (χ0v) is 15.0. The predicted molar refractivity (Wildman–Crippen MR) is 100 cm³/mol. The molecule has 0 aliphatic rings. The van der Waals surface area contributed by atoms with Gasteiger partial charge in [-0.3, -0.25) is 4.90 Å². The lowest BCUT2D eigenvalue weighted by Crippen LogP contribution is -2.21. The molecule has 0 saturated heterocycles. The Balaban J connectivity index is 1.77. The van der Waals surface area contributed by atoms with Crippen molar-refractivity contribution >= 4 is 11.3 Å². The van der Waals surface area contributed by atoms with Crippen LogP contribution in [0.15, 0.2) is 54.6 Å². The van der Waals surface area contributed by atoms with Gasteiger partial charge in [-0.1, -0.05) is 42.5 Å². The number of rotatable bonds is 5. The Labute approximate surface area is 147 Å². The third-order valence-electron chi connectivity index (χ3n) is 4.32. The summed E-state index contributed by atoms with van der Waals surface area (Å²) in [4.78, 5) is 8.29. The molecular formula is C20H22N2OS. The molecule has 1 heterocycles. The van der Waals surface area contributed by atoms with E-state index in [9.17, 15) is 5.11 Å². The van der Waals surface area contributed by atoms with Crippen LogP contribution in [0.2, 0.25) is 0 Å². The Morgan fingerprint density at radius 1 is 1.12 bits per heavy atom. The smallest absolute Gasteiger partial charge is 0.123 e. The minimum Gasteiger partial charge on any atom is -0.508 e. The fourth-order valence-corrected chi connectivity index (χ4v) is 3.81. The van der Waals surface area contributed by atoms with Crippen LogP contribution in [0.4, 0.5) is 0 Å². The summed E-state index contributed by atoms with van der Waals surface area (Å²) in [7, 11) is 2.11. The summed E-state index contributed by atoms with van der Waals surface area (Å²) in [6, 6.07) is 18.0. The first kappa shape index (κ1) is 16.7. The Morgan fingerprint density at radius 3 is 2.58 bits per heavy atom. The molecule has 0 radical (unpaired) electrons. The quantitative estimate of drug-likeness (QED) is 0.710. The number of nitrogens with zero attached hydrogens (tertiary/aromatic N) is 2. The Kier molecular flexibility index (Phi) is 4.97. The van der Waals surface area contributed by atoms with E-state index in [2.05, 4.69) is 44.0 Å². The van der Waals surface area contributed by atoms with E-state index < -0.39 is 0 Å². The molecule has 0 amide bonds. The van der Waals surface area contributed by atoms with E-state index in [1.54, 1.807) is 17.4 Å². The molecule has 1 atom stereocenters. The highest BCUT2D eigenvalue weighted by Crippen LogP contribution is 2.30. The largest absolute Gasteiger partial charge is 0.508 e. The molecule has 0 saturated carbocycles. The van der Waals surface area contributed by atoms with Crippen LogP contribution in [0.3, 0.4) is 0 Å². The lowest BCUT2D eigenvalue weighted by molar-refractivity contribution is 0.254. The summed E-state index contributed by atoms with van der Waals surface area (Å²) in [5, 5.41) is 10.8. The molecule has 0 fully saturated rings. The number of phenolic OH excluding ortho intramolecular Hbond substituents is 1. The van der Waals surface area contributed by atoms with E-state index in [0.717, 1.165) is 22.8 Å². The van der Waals surface area contributed by atoms with Crippen molar-refractivity contribution < 1.29 is 5.11 Å². The molecule has 0 aliphatic heterocycles. The van der Waals surface area contributed by atoms with Gasteiger partial charge in [0.1, 0.15) is 10.8 Å². The lowest BCUT2D eigenvalue weighted by Gasteiger charge is -2.24. The van der Waals surface area contributed by atoms with Crippen LogP contribution in [0.5, 0.6) is 5.75 Å². The summed E-state index contributed by atoms with van der Waals surface area (Å²) in [6.07, 6.45) is 0. The van der Waals surface area contributed by atoms with Crippen molar-refractivity contribution in [3.05, 3.63) is 70.7 Å². The molecular weight excluding hydrogens is 316 g/mol. The maximum Gasteiger partial charge on any atom is 0.123 e. The van der Waals surface area contributed by atoms with E-state index >= 15 is 0 Å². The summed E-state index contributed by atoms with van der Waals surface area (Å²) < 4.78 is 0. The minimum atomic E-state index is 0.221. The van der Waals surface area contributed by atoms with Crippen LogP contribution < -0.4 is 0 Å². The molecule has 2 aromatic carbocycles. The molecule has 0 bridgehead atoms. The fraction of sp³-hybridized carbons (Fsp3) is 0.250. The monoisotopic (exact) mass is 338 g/mol. The number of aryl methyl sites for hydroxylation is 1. The number of aromatic nitrogens is 1. The van der Waals surface area contributed by atoms with Gasteiger partial charge in [-0.2, -0.15) is 0 Å². The molecule has 24 heavy (non-hydrogen) atoms. The Morgan fingerprint density at radius 2 is 1.88 bits per heavy atom. The third kappa shape index (κ3) is 3.66.